The van der Waals surface area contributed by atoms with Crippen LogP contribution >= 0.6 is 0 Å². The Hall–Kier alpha value is -1.79. The molecule has 1 rings (SSSR count). The molecule has 0 aromatic carbocycles. The van der Waals surface area contributed by atoms with Gasteiger partial charge >= 0.3 is 12.0 Å². The van der Waals surface area contributed by atoms with E-state index in [4.69, 9.17) is 5.11 Å². The number of carboxylic acids is 1. The van der Waals surface area contributed by atoms with E-state index in [9.17, 15) is 14.4 Å². The predicted octanol–water partition coefficient (Wildman–Crippen LogP) is -0.373. The van der Waals surface area contributed by atoms with Crippen molar-refractivity contribution < 1.29 is 19.5 Å². The molecule has 0 saturated heterocycles. The maximum Gasteiger partial charge on any atom is 0.317 e. The Morgan fingerprint density at radius 3 is 2.50 bits per heavy atom. The summed E-state index contributed by atoms with van der Waals surface area (Å²) in [6, 6.07) is -0.472. The number of aliphatic carboxylic acids is 1. The van der Waals surface area contributed by atoms with Crippen LogP contribution in [0.25, 0.3) is 0 Å². The number of nitrogens with zero attached hydrogens (tertiary/aromatic N) is 1. The lowest BCUT2D eigenvalue weighted by Gasteiger charge is -2.20. The van der Waals surface area contributed by atoms with Crippen LogP contribution in [0.2, 0.25) is 0 Å². The van der Waals surface area contributed by atoms with Gasteiger partial charge in [-0.1, -0.05) is 0 Å². The molecule has 7 nitrogen and oxygen atoms in total. The van der Waals surface area contributed by atoms with Gasteiger partial charge in [-0.2, -0.15) is 0 Å². The van der Waals surface area contributed by atoms with E-state index in [1.807, 2.05) is 0 Å². The summed E-state index contributed by atoms with van der Waals surface area (Å²) in [5.41, 5.74) is 0. The van der Waals surface area contributed by atoms with Gasteiger partial charge < -0.3 is 20.6 Å². The molecule has 7 heteroatoms. The molecule has 0 spiro atoms. The molecule has 0 aromatic heterocycles. The number of amides is 3. The van der Waals surface area contributed by atoms with Gasteiger partial charge in [-0.25, -0.2) is 4.79 Å². The van der Waals surface area contributed by atoms with Crippen molar-refractivity contribution in [2.45, 2.75) is 25.3 Å². The Morgan fingerprint density at radius 2 is 2.00 bits per heavy atom. The zero-order valence-electron chi connectivity index (χ0n) is 10.6. The zero-order valence-corrected chi connectivity index (χ0v) is 10.6. The van der Waals surface area contributed by atoms with E-state index in [2.05, 4.69) is 10.6 Å². The second kappa shape index (κ2) is 6.23. The molecule has 0 aromatic rings. The molecule has 3 amide bonds. The lowest BCUT2D eigenvalue weighted by molar-refractivity contribution is -0.141. The zero-order chi connectivity index (χ0) is 13.7. The van der Waals surface area contributed by atoms with E-state index < -0.39 is 5.97 Å². The topological polar surface area (TPSA) is 98.7 Å². The summed E-state index contributed by atoms with van der Waals surface area (Å²) in [4.78, 5) is 34.9. The molecule has 18 heavy (non-hydrogen) atoms. The van der Waals surface area contributed by atoms with Crippen molar-refractivity contribution >= 4 is 17.9 Å². The van der Waals surface area contributed by atoms with Crippen molar-refractivity contribution in [2.75, 3.05) is 20.6 Å². The molecule has 1 saturated carbocycles. The minimum atomic E-state index is -0.814. The van der Waals surface area contributed by atoms with Gasteiger partial charge in [-0.3, -0.25) is 9.59 Å². The van der Waals surface area contributed by atoms with Crippen LogP contribution in [0, 0.1) is 5.92 Å². The molecule has 2 atom stereocenters. The van der Waals surface area contributed by atoms with E-state index in [0.29, 0.717) is 19.3 Å². The number of carboxylic acid groups (broad SMARTS) is 1. The Kier molecular flexibility index (Phi) is 4.94. The summed E-state index contributed by atoms with van der Waals surface area (Å²) in [7, 11) is 3.02. The molecule has 0 heterocycles. The highest BCUT2D eigenvalue weighted by Gasteiger charge is 2.31. The van der Waals surface area contributed by atoms with Gasteiger partial charge in [0.15, 0.2) is 0 Å². The molecule has 0 bridgehead atoms. The van der Waals surface area contributed by atoms with Crippen molar-refractivity contribution in [3.63, 3.8) is 0 Å². The number of hydrogen-bond donors (Lipinski definition) is 3. The largest absolute Gasteiger partial charge is 0.481 e. The number of hydrogen-bond acceptors (Lipinski definition) is 3. The molecule has 1 fully saturated rings. The highest BCUT2D eigenvalue weighted by molar-refractivity contribution is 5.83. The minimum Gasteiger partial charge on any atom is -0.481 e. The monoisotopic (exact) mass is 257 g/mol. The predicted molar refractivity (Wildman–Crippen MR) is 64.0 cm³/mol. The van der Waals surface area contributed by atoms with Gasteiger partial charge in [-0.05, 0) is 19.3 Å². The third-order valence-corrected chi connectivity index (χ3v) is 3.12. The van der Waals surface area contributed by atoms with Crippen LogP contribution in [-0.4, -0.2) is 54.6 Å². The van der Waals surface area contributed by atoms with Crippen molar-refractivity contribution in [1.29, 1.82) is 0 Å². The van der Waals surface area contributed by atoms with E-state index >= 15 is 0 Å². The Labute approximate surface area is 106 Å². The third kappa shape index (κ3) is 3.90. The Morgan fingerprint density at radius 1 is 1.33 bits per heavy atom. The Balaban J connectivity index is 2.37. The first-order valence-electron chi connectivity index (χ1n) is 5.89. The van der Waals surface area contributed by atoms with Crippen molar-refractivity contribution in [3.8, 4) is 0 Å². The number of likely N-dealkylation sites (N-methyl/N-ethyl adjacent to an activating group) is 2. The van der Waals surface area contributed by atoms with Crippen LogP contribution in [-0.2, 0) is 9.59 Å². The van der Waals surface area contributed by atoms with E-state index in [1.54, 1.807) is 0 Å². The molecular weight excluding hydrogens is 238 g/mol. The molecular formula is C11H19N3O4. The number of nitrogens with one attached hydrogen (secondary N) is 2. The highest BCUT2D eigenvalue weighted by Crippen LogP contribution is 2.25. The summed E-state index contributed by atoms with van der Waals surface area (Å²) in [5, 5.41) is 14.0. The molecule has 1 aliphatic rings. The van der Waals surface area contributed by atoms with Crippen LogP contribution in [0.4, 0.5) is 4.79 Å². The van der Waals surface area contributed by atoms with Crippen LogP contribution in [0.5, 0.6) is 0 Å². The first kappa shape index (κ1) is 14.3. The van der Waals surface area contributed by atoms with Gasteiger partial charge in [0, 0.05) is 20.1 Å². The second-order valence-corrected chi connectivity index (χ2v) is 4.52. The maximum absolute atomic E-state index is 11.7. The van der Waals surface area contributed by atoms with Gasteiger partial charge in [0.2, 0.25) is 5.91 Å². The SMILES string of the molecule is CNC(=O)CN(C)C(=O)NC1CCC(C(=O)O)C1. The minimum absolute atomic E-state index is 0.0165. The second-order valence-electron chi connectivity index (χ2n) is 4.52. The summed E-state index contributed by atoms with van der Waals surface area (Å²) < 4.78 is 0. The van der Waals surface area contributed by atoms with Gasteiger partial charge in [0.1, 0.15) is 6.54 Å². The average molecular weight is 257 g/mol. The maximum atomic E-state index is 11.7. The van der Waals surface area contributed by atoms with Crippen LogP contribution < -0.4 is 10.6 Å². The molecule has 2 unspecified atom stereocenters. The summed E-state index contributed by atoms with van der Waals surface area (Å²) in [6.07, 6.45) is 1.70. The average Bonchev–Trinajstić information content (AvgIpc) is 2.77. The smallest absolute Gasteiger partial charge is 0.317 e. The van der Waals surface area contributed by atoms with Crippen LogP contribution in [0.15, 0.2) is 0 Å². The molecule has 0 radical (unpaired) electrons. The molecule has 102 valence electrons. The quantitative estimate of drug-likeness (QED) is 0.639. The van der Waals surface area contributed by atoms with E-state index in [-0.39, 0.29) is 30.4 Å². The summed E-state index contributed by atoms with van der Waals surface area (Å²) >= 11 is 0. The number of urea groups is 1. The fourth-order valence-electron chi connectivity index (χ4n) is 1.99. The fraction of sp³-hybridized carbons (Fsp3) is 0.727. The van der Waals surface area contributed by atoms with Gasteiger partial charge in [-0.15, -0.1) is 0 Å². The van der Waals surface area contributed by atoms with Crippen molar-refractivity contribution in [2.24, 2.45) is 5.92 Å². The first-order valence-corrected chi connectivity index (χ1v) is 5.89. The Bertz CT molecular complexity index is 345. The number of rotatable bonds is 4. The molecule has 3 N–H and O–H groups in total. The van der Waals surface area contributed by atoms with Crippen molar-refractivity contribution in [3.05, 3.63) is 0 Å². The third-order valence-electron chi connectivity index (χ3n) is 3.12. The van der Waals surface area contributed by atoms with Crippen LogP contribution in [0.3, 0.4) is 0 Å². The first-order chi connectivity index (χ1) is 8.43. The number of carbonyl (C=O) groups is 3. The summed E-state index contributed by atoms with van der Waals surface area (Å²) in [5.74, 6) is -1.44. The lowest BCUT2D eigenvalue weighted by Crippen LogP contribution is -2.45. The fourth-order valence-corrected chi connectivity index (χ4v) is 1.99. The van der Waals surface area contributed by atoms with E-state index in [1.165, 1.54) is 19.0 Å². The van der Waals surface area contributed by atoms with Gasteiger partial charge in [0.25, 0.3) is 0 Å². The molecule has 0 aliphatic heterocycles. The summed E-state index contributed by atoms with van der Waals surface area (Å²) in [6.45, 7) is -0.0165. The van der Waals surface area contributed by atoms with Crippen molar-refractivity contribution in [1.82, 2.24) is 15.5 Å². The number of carbonyl (C=O) groups excluding carboxylic acids is 2. The van der Waals surface area contributed by atoms with E-state index in [0.717, 1.165) is 0 Å². The lowest BCUT2D eigenvalue weighted by atomic mass is 10.1. The van der Waals surface area contributed by atoms with Gasteiger partial charge in [0.05, 0.1) is 5.92 Å². The normalized spacial score (nSPS) is 22.3. The van der Waals surface area contributed by atoms with Crippen LogP contribution in [0.1, 0.15) is 19.3 Å². The molecule has 1 aliphatic carbocycles. The standard InChI is InChI=1S/C11H19N3O4/c1-12-9(15)6-14(2)11(18)13-8-4-3-7(5-8)10(16)17/h7-8H,3-6H2,1-2H3,(H,12,15)(H,13,18)(H,16,17). The highest BCUT2D eigenvalue weighted by atomic mass is 16.4.